The summed E-state index contributed by atoms with van der Waals surface area (Å²) in [6.45, 7) is 5.70. The van der Waals surface area contributed by atoms with Gasteiger partial charge in [-0.15, -0.1) is 0 Å². The maximum atomic E-state index is 12.7. The summed E-state index contributed by atoms with van der Waals surface area (Å²) in [4.78, 5) is 26.5. The molecular weight excluding hydrogens is 356 g/mol. The lowest BCUT2D eigenvalue weighted by Crippen LogP contribution is -2.64. The Morgan fingerprint density at radius 2 is 2.10 bits per heavy atom. The molecule has 0 spiro atoms. The van der Waals surface area contributed by atoms with E-state index in [-0.39, 0.29) is 17.7 Å². The predicted octanol–water partition coefficient (Wildman–Crippen LogP) is 3.37. The first-order valence-electron chi connectivity index (χ1n) is 6.95. The van der Waals surface area contributed by atoms with Gasteiger partial charge in [-0.25, -0.2) is 0 Å². The summed E-state index contributed by atoms with van der Waals surface area (Å²) >= 11 is 9.35. The van der Waals surface area contributed by atoms with Gasteiger partial charge in [0.2, 0.25) is 5.91 Å². The number of carbonyl (C=O) groups excluding carboxylic acids is 2. The summed E-state index contributed by atoms with van der Waals surface area (Å²) in [5.41, 5.74) is 0.673. The lowest BCUT2D eigenvalue weighted by Gasteiger charge is -2.39. The van der Waals surface area contributed by atoms with Gasteiger partial charge in [-0.2, -0.15) is 0 Å². The van der Waals surface area contributed by atoms with Gasteiger partial charge < -0.3 is 5.32 Å². The zero-order valence-corrected chi connectivity index (χ0v) is 14.5. The van der Waals surface area contributed by atoms with Crippen molar-refractivity contribution in [3.8, 4) is 0 Å². The lowest BCUT2D eigenvalue weighted by atomic mass is 9.94. The molecule has 3 unspecified atom stereocenters. The van der Waals surface area contributed by atoms with E-state index in [1.54, 1.807) is 30.0 Å². The molecule has 1 fully saturated rings. The Morgan fingerprint density at radius 1 is 1.43 bits per heavy atom. The third kappa shape index (κ3) is 3.09. The summed E-state index contributed by atoms with van der Waals surface area (Å²) in [6, 6.07) is 4.22. The average Bonchev–Trinajstić information content (AvgIpc) is 2.46. The van der Waals surface area contributed by atoms with E-state index in [1.165, 1.54) is 0 Å². The highest BCUT2D eigenvalue weighted by atomic mass is 79.9. The van der Waals surface area contributed by atoms with E-state index < -0.39 is 12.1 Å². The van der Waals surface area contributed by atoms with Gasteiger partial charge in [-0.1, -0.05) is 31.9 Å². The number of piperazine rings is 1. The van der Waals surface area contributed by atoms with Crippen molar-refractivity contribution in [1.29, 1.82) is 0 Å². The van der Waals surface area contributed by atoms with Crippen molar-refractivity contribution in [3.05, 3.63) is 27.7 Å². The first-order chi connectivity index (χ1) is 9.86. The van der Waals surface area contributed by atoms with Crippen molar-refractivity contribution in [2.45, 2.75) is 39.3 Å². The molecule has 1 N–H and O–H groups in total. The molecule has 0 saturated carbocycles. The fourth-order valence-corrected chi connectivity index (χ4v) is 2.88. The standard InChI is InChI=1S/C15H18BrClN2O2/c1-4-8(2)13-15(21)19(9(3)14(20)18-13)10-5-6-12(17)11(16)7-10/h5-9,13H,4H2,1-3H3,(H,18,20). The number of anilines is 1. The third-order valence-electron chi connectivity index (χ3n) is 3.96. The van der Waals surface area contributed by atoms with Gasteiger partial charge in [-0.05, 0) is 47.0 Å². The van der Waals surface area contributed by atoms with Crippen LogP contribution in [0.3, 0.4) is 0 Å². The van der Waals surface area contributed by atoms with Crippen LogP contribution in [-0.4, -0.2) is 23.9 Å². The number of benzene rings is 1. The topological polar surface area (TPSA) is 49.4 Å². The monoisotopic (exact) mass is 372 g/mol. The number of carbonyl (C=O) groups is 2. The van der Waals surface area contributed by atoms with Crippen LogP contribution in [0.4, 0.5) is 5.69 Å². The normalized spacial score (nSPS) is 24.0. The second-order valence-corrected chi connectivity index (χ2v) is 6.62. The van der Waals surface area contributed by atoms with Crippen molar-refractivity contribution >= 4 is 45.0 Å². The third-order valence-corrected chi connectivity index (χ3v) is 5.18. The van der Waals surface area contributed by atoms with Crippen LogP contribution >= 0.6 is 27.5 Å². The summed E-state index contributed by atoms with van der Waals surface area (Å²) in [7, 11) is 0. The Hall–Kier alpha value is -1.07. The largest absolute Gasteiger partial charge is 0.342 e. The van der Waals surface area contributed by atoms with E-state index in [4.69, 9.17) is 11.6 Å². The Kier molecular flexibility index (Phi) is 4.94. The van der Waals surface area contributed by atoms with Crippen LogP contribution in [0.1, 0.15) is 27.2 Å². The maximum Gasteiger partial charge on any atom is 0.250 e. The van der Waals surface area contributed by atoms with Crippen LogP contribution in [-0.2, 0) is 9.59 Å². The molecule has 0 bridgehead atoms. The number of hydrogen-bond acceptors (Lipinski definition) is 2. The minimum absolute atomic E-state index is 0.0781. The fraction of sp³-hybridized carbons (Fsp3) is 0.467. The zero-order valence-electron chi connectivity index (χ0n) is 12.2. The smallest absolute Gasteiger partial charge is 0.250 e. The number of amides is 2. The molecule has 1 saturated heterocycles. The van der Waals surface area contributed by atoms with Gasteiger partial charge in [0, 0.05) is 10.2 Å². The summed E-state index contributed by atoms with van der Waals surface area (Å²) in [5, 5.41) is 3.39. The quantitative estimate of drug-likeness (QED) is 0.883. The second-order valence-electron chi connectivity index (χ2n) is 5.35. The Morgan fingerprint density at radius 3 is 2.67 bits per heavy atom. The van der Waals surface area contributed by atoms with Gasteiger partial charge in [0.25, 0.3) is 5.91 Å². The van der Waals surface area contributed by atoms with Crippen molar-refractivity contribution in [1.82, 2.24) is 5.32 Å². The highest BCUT2D eigenvalue weighted by Gasteiger charge is 2.40. The van der Waals surface area contributed by atoms with Crippen LogP contribution in [0.2, 0.25) is 5.02 Å². The average molecular weight is 374 g/mol. The van der Waals surface area contributed by atoms with E-state index in [0.717, 1.165) is 6.42 Å². The van der Waals surface area contributed by atoms with Gasteiger partial charge in [-0.3, -0.25) is 14.5 Å². The molecule has 2 rings (SSSR count). The van der Waals surface area contributed by atoms with Crippen molar-refractivity contribution < 1.29 is 9.59 Å². The molecule has 6 heteroatoms. The Labute approximate surface area is 138 Å². The molecule has 1 aliphatic rings. The second kappa shape index (κ2) is 6.36. The van der Waals surface area contributed by atoms with E-state index in [1.807, 2.05) is 13.8 Å². The number of hydrogen-bond donors (Lipinski definition) is 1. The minimum Gasteiger partial charge on any atom is -0.342 e. The van der Waals surface area contributed by atoms with Crippen LogP contribution in [0.15, 0.2) is 22.7 Å². The molecule has 0 radical (unpaired) electrons. The molecule has 1 aliphatic heterocycles. The predicted molar refractivity (Wildman–Crippen MR) is 87.5 cm³/mol. The van der Waals surface area contributed by atoms with E-state index in [2.05, 4.69) is 21.2 Å². The van der Waals surface area contributed by atoms with Crippen molar-refractivity contribution in [3.63, 3.8) is 0 Å². The molecule has 0 aromatic heterocycles. The van der Waals surface area contributed by atoms with E-state index >= 15 is 0 Å². The summed E-state index contributed by atoms with van der Waals surface area (Å²) in [5.74, 6) is -0.121. The van der Waals surface area contributed by atoms with Gasteiger partial charge in [0.05, 0.1) is 5.02 Å². The molecule has 21 heavy (non-hydrogen) atoms. The molecule has 1 aromatic carbocycles. The van der Waals surface area contributed by atoms with Crippen LogP contribution in [0.25, 0.3) is 0 Å². The van der Waals surface area contributed by atoms with Crippen LogP contribution in [0.5, 0.6) is 0 Å². The molecule has 4 nitrogen and oxygen atoms in total. The molecule has 3 atom stereocenters. The SMILES string of the molecule is CCC(C)C1NC(=O)C(C)N(c2ccc(Cl)c(Br)c2)C1=O. The maximum absolute atomic E-state index is 12.7. The van der Waals surface area contributed by atoms with Gasteiger partial charge in [0.1, 0.15) is 12.1 Å². The molecular formula is C15H18BrClN2O2. The van der Waals surface area contributed by atoms with Gasteiger partial charge in [0.15, 0.2) is 0 Å². The molecule has 1 aromatic rings. The zero-order chi connectivity index (χ0) is 15.7. The minimum atomic E-state index is -0.536. The van der Waals surface area contributed by atoms with E-state index in [9.17, 15) is 9.59 Å². The highest BCUT2D eigenvalue weighted by molar-refractivity contribution is 9.10. The van der Waals surface area contributed by atoms with Crippen LogP contribution in [0, 0.1) is 5.92 Å². The van der Waals surface area contributed by atoms with Crippen LogP contribution < -0.4 is 10.2 Å². The number of nitrogens with zero attached hydrogens (tertiary/aromatic N) is 1. The molecule has 0 aliphatic carbocycles. The first-order valence-corrected chi connectivity index (χ1v) is 8.12. The van der Waals surface area contributed by atoms with E-state index in [0.29, 0.717) is 15.2 Å². The van der Waals surface area contributed by atoms with Crippen molar-refractivity contribution in [2.75, 3.05) is 4.90 Å². The molecule has 114 valence electrons. The highest BCUT2D eigenvalue weighted by Crippen LogP contribution is 2.30. The molecule has 2 amide bonds. The Balaban J connectivity index is 2.40. The Bertz CT molecular complexity index is 579. The number of nitrogens with one attached hydrogen (secondary N) is 1. The fourth-order valence-electron chi connectivity index (χ4n) is 2.40. The van der Waals surface area contributed by atoms with Gasteiger partial charge >= 0.3 is 0 Å². The molecule has 1 heterocycles. The summed E-state index contributed by atoms with van der Waals surface area (Å²) < 4.78 is 0.702. The number of halogens is 2. The van der Waals surface area contributed by atoms with Crippen molar-refractivity contribution in [2.24, 2.45) is 5.92 Å². The number of rotatable bonds is 3. The lowest BCUT2D eigenvalue weighted by molar-refractivity contribution is -0.134. The summed E-state index contributed by atoms with van der Waals surface area (Å²) in [6.07, 6.45) is 0.823. The first kappa shape index (κ1) is 16.3.